The van der Waals surface area contributed by atoms with E-state index in [1.807, 2.05) is 18.7 Å². The molecule has 0 spiro atoms. The first-order valence-corrected chi connectivity index (χ1v) is 13.1. The number of anilines is 1. The number of nitrogens with zero attached hydrogens (tertiary/aromatic N) is 3. The summed E-state index contributed by atoms with van der Waals surface area (Å²) in [6.45, 7) is 5.21. The number of aromatic nitrogens is 2. The Morgan fingerprint density at radius 3 is 2.56 bits per heavy atom. The summed E-state index contributed by atoms with van der Waals surface area (Å²) in [5, 5.41) is 1.10. The van der Waals surface area contributed by atoms with Gasteiger partial charge in [-0.2, -0.15) is 0 Å². The van der Waals surface area contributed by atoms with Gasteiger partial charge in [-0.1, -0.05) is 17.7 Å². The Kier molecular flexibility index (Phi) is 6.33. The third-order valence-electron chi connectivity index (χ3n) is 5.57. The number of carbonyl (C=O) groups excluding carboxylic acids is 1. The Hall–Kier alpha value is -2.36. The van der Waals surface area contributed by atoms with Gasteiger partial charge in [0.25, 0.3) is 15.9 Å². The van der Waals surface area contributed by atoms with Crippen molar-refractivity contribution in [2.24, 2.45) is 7.05 Å². The number of aryl methyl sites for hydroxylation is 3. The molecule has 0 aliphatic carbocycles. The molecule has 7 nitrogen and oxygen atoms in total. The molecule has 0 bridgehead atoms. The summed E-state index contributed by atoms with van der Waals surface area (Å²) in [6, 6.07) is 6.59. The first kappa shape index (κ1) is 22.8. The molecule has 0 saturated carbocycles. The first-order valence-electron chi connectivity index (χ1n) is 10.4. The normalized spacial score (nSPS) is 14.6. The van der Waals surface area contributed by atoms with Crippen LogP contribution in [0.3, 0.4) is 0 Å². The molecule has 1 aliphatic rings. The van der Waals surface area contributed by atoms with Crippen LogP contribution in [0.15, 0.2) is 35.4 Å². The Labute approximate surface area is 197 Å². The second kappa shape index (κ2) is 8.88. The van der Waals surface area contributed by atoms with Gasteiger partial charge in [-0.05, 0) is 56.9 Å². The van der Waals surface area contributed by atoms with E-state index in [-0.39, 0.29) is 10.8 Å². The van der Waals surface area contributed by atoms with E-state index >= 15 is 0 Å². The Balaban J connectivity index is 1.60. The number of likely N-dealkylation sites (tertiary alicyclic amines) is 1. The van der Waals surface area contributed by atoms with Crippen molar-refractivity contribution in [3.63, 3.8) is 0 Å². The zero-order valence-electron chi connectivity index (χ0n) is 18.2. The average molecular weight is 493 g/mol. The van der Waals surface area contributed by atoms with Crippen LogP contribution in [0, 0.1) is 13.8 Å². The lowest BCUT2D eigenvalue weighted by molar-refractivity contribution is 0.0728. The van der Waals surface area contributed by atoms with Crippen LogP contribution in [-0.4, -0.2) is 41.9 Å². The minimum atomic E-state index is -3.82. The van der Waals surface area contributed by atoms with Crippen molar-refractivity contribution in [1.29, 1.82) is 0 Å². The van der Waals surface area contributed by atoms with E-state index in [1.165, 1.54) is 17.5 Å². The van der Waals surface area contributed by atoms with Crippen molar-refractivity contribution in [3.05, 3.63) is 51.6 Å². The molecular formula is C22H25ClN4O3S2. The SMILES string of the molecule is Cc1ccc(NS(=O)(=O)c2cc(-c3nc(C)c(C(=O)N4CCCCC4)s3)n(C)c2)cc1Cl. The zero-order valence-corrected chi connectivity index (χ0v) is 20.6. The molecule has 1 aromatic carbocycles. The lowest BCUT2D eigenvalue weighted by Gasteiger charge is -2.26. The van der Waals surface area contributed by atoms with E-state index in [0.29, 0.717) is 32.0 Å². The number of benzene rings is 1. The van der Waals surface area contributed by atoms with Gasteiger partial charge in [-0.3, -0.25) is 9.52 Å². The summed E-state index contributed by atoms with van der Waals surface area (Å²) in [7, 11) is -2.05. The minimum Gasteiger partial charge on any atom is -0.347 e. The molecule has 1 aliphatic heterocycles. The van der Waals surface area contributed by atoms with Gasteiger partial charge in [0.05, 0.1) is 17.1 Å². The quantitative estimate of drug-likeness (QED) is 0.552. The Bertz CT molecular complexity index is 1270. The largest absolute Gasteiger partial charge is 0.347 e. The zero-order chi connectivity index (χ0) is 23.0. The maximum Gasteiger partial charge on any atom is 0.265 e. The van der Waals surface area contributed by atoms with Gasteiger partial charge in [-0.15, -0.1) is 11.3 Å². The van der Waals surface area contributed by atoms with Crippen LogP contribution in [0.1, 0.15) is 40.2 Å². The minimum absolute atomic E-state index is 0.00548. The smallest absolute Gasteiger partial charge is 0.265 e. The van der Waals surface area contributed by atoms with E-state index in [1.54, 1.807) is 35.9 Å². The number of nitrogens with one attached hydrogen (secondary N) is 1. The highest BCUT2D eigenvalue weighted by atomic mass is 35.5. The summed E-state index contributed by atoms with van der Waals surface area (Å²) >= 11 is 7.42. The first-order chi connectivity index (χ1) is 15.2. The summed E-state index contributed by atoms with van der Waals surface area (Å²) in [4.78, 5) is 20.1. The number of hydrogen-bond acceptors (Lipinski definition) is 5. The topological polar surface area (TPSA) is 84.3 Å². The number of rotatable bonds is 5. The molecule has 4 rings (SSSR count). The van der Waals surface area contributed by atoms with Gasteiger partial charge in [0.1, 0.15) is 14.8 Å². The standard InChI is InChI=1S/C22H25ClN4O3S2/c1-14-7-8-16(11-18(14)23)25-32(29,30)17-12-19(26(3)13-17)21-24-15(2)20(31-21)22(28)27-9-5-4-6-10-27/h7-8,11-13,25H,4-6,9-10H2,1-3H3. The molecule has 1 saturated heterocycles. The van der Waals surface area contributed by atoms with Crippen molar-refractivity contribution >= 4 is 44.6 Å². The summed E-state index contributed by atoms with van der Waals surface area (Å²) in [5.74, 6) is 0.00548. The molecule has 1 fully saturated rings. The molecule has 32 heavy (non-hydrogen) atoms. The summed E-state index contributed by atoms with van der Waals surface area (Å²) in [6.07, 6.45) is 4.74. The summed E-state index contributed by atoms with van der Waals surface area (Å²) in [5.41, 5.74) is 2.56. The van der Waals surface area contributed by atoms with Crippen molar-refractivity contribution in [3.8, 4) is 10.7 Å². The molecule has 3 aromatic rings. The monoisotopic (exact) mass is 492 g/mol. The van der Waals surface area contributed by atoms with E-state index in [4.69, 9.17) is 11.6 Å². The molecule has 0 atom stereocenters. The second-order valence-corrected chi connectivity index (χ2v) is 11.1. The van der Waals surface area contributed by atoms with Gasteiger partial charge in [0.2, 0.25) is 0 Å². The van der Waals surface area contributed by atoms with Crippen molar-refractivity contribution in [2.45, 2.75) is 38.0 Å². The number of carbonyl (C=O) groups is 1. The highest BCUT2D eigenvalue weighted by Crippen LogP contribution is 2.32. The number of amides is 1. The fourth-order valence-corrected chi connectivity index (χ4v) is 6.10. The molecule has 3 heterocycles. The molecule has 0 radical (unpaired) electrons. The predicted octanol–water partition coefficient (Wildman–Crippen LogP) is 4.85. The van der Waals surface area contributed by atoms with Crippen molar-refractivity contribution < 1.29 is 13.2 Å². The fourth-order valence-electron chi connectivity index (χ4n) is 3.71. The van der Waals surface area contributed by atoms with Crippen LogP contribution in [0.5, 0.6) is 0 Å². The van der Waals surface area contributed by atoms with Crippen LogP contribution in [0.25, 0.3) is 10.7 Å². The molecule has 170 valence electrons. The van der Waals surface area contributed by atoms with Crippen LogP contribution in [0.4, 0.5) is 5.69 Å². The lowest BCUT2D eigenvalue weighted by atomic mass is 10.1. The second-order valence-electron chi connectivity index (χ2n) is 8.03. The van der Waals surface area contributed by atoms with E-state index in [0.717, 1.165) is 37.9 Å². The number of piperidine rings is 1. The predicted molar refractivity (Wildman–Crippen MR) is 128 cm³/mol. The Morgan fingerprint density at radius 1 is 1.16 bits per heavy atom. The third-order valence-corrected chi connectivity index (χ3v) is 8.49. The number of hydrogen-bond donors (Lipinski definition) is 1. The molecule has 10 heteroatoms. The highest BCUT2D eigenvalue weighted by molar-refractivity contribution is 7.92. The van der Waals surface area contributed by atoms with Crippen LogP contribution >= 0.6 is 22.9 Å². The van der Waals surface area contributed by atoms with Crippen molar-refractivity contribution in [2.75, 3.05) is 17.8 Å². The molecular weight excluding hydrogens is 468 g/mol. The van der Waals surface area contributed by atoms with Gasteiger partial charge in [-0.25, -0.2) is 13.4 Å². The number of halogens is 1. The maximum absolute atomic E-state index is 12.9. The lowest BCUT2D eigenvalue weighted by Crippen LogP contribution is -2.35. The molecule has 1 amide bonds. The maximum atomic E-state index is 12.9. The van der Waals surface area contributed by atoms with Crippen molar-refractivity contribution in [1.82, 2.24) is 14.5 Å². The number of sulfonamides is 1. The van der Waals surface area contributed by atoms with E-state index in [2.05, 4.69) is 9.71 Å². The van der Waals surface area contributed by atoms with Crippen LogP contribution in [0.2, 0.25) is 5.02 Å². The number of thiazole rings is 1. The third kappa shape index (κ3) is 4.55. The van der Waals surface area contributed by atoms with Gasteiger partial charge < -0.3 is 9.47 Å². The molecule has 0 unspecified atom stereocenters. The highest BCUT2D eigenvalue weighted by Gasteiger charge is 2.25. The van der Waals surface area contributed by atoms with Gasteiger partial charge in [0, 0.05) is 31.4 Å². The fraction of sp³-hybridized carbons (Fsp3) is 0.364. The molecule has 2 aromatic heterocycles. The van der Waals surface area contributed by atoms with E-state index < -0.39 is 10.0 Å². The Morgan fingerprint density at radius 2 is 1.88 bits per heavy atom. The van der Waals surface area contributed by atoms with Crippen LogP contribution < -0.4 is 4.72 Å². The average Bonchev–Trinajstić information content (AvgIpc) is 3.33. The summed E-state index contributed by atoms with van der Waals surface area (Å²) < 4.78 is 30.2. The van der Waals surface area contributed by atoms with Gasteiger partial charge in [0.15, 0.2) is 0 Å². The molecule has 1 N–H and O–H groups in total. The van der Waals surface area contributed by atoms with Crippen LogP contribution in [-0.2, 0) is 17.1 Å². The van der Waals surface area contributed by atoms with Gasteiger partial charge >= 0.3 is 0 Å². The van der Waals surface area contributed by atoms with E-state index in [9.17, 15) is 13.2 Å².